The lowest BCUT2D eigenvalue weighted by Gasteiger charge is -2.13. The number of hydrogen-bond donors (Lipinski definition) is 3. The first-order valence-corrected chi connectivity index (χ1v) is 8.01. The predicted molar refractivity (Wildman–Crippen MR) is 77.7 cm³/mol. The molecule has 1 rings (SSSR count). The molecule has 0 spiro atoms. The zero-order valence-electron chi connectivity index (χ0n) is 11.6. The number of carboxylic acids is 1. The second kappa shape index (κ2) is 7.25. The molecule has 0 fully saturated rings. The molecular formula is C13H20N2O4S. The molecule has 0 aliphatic carbocycles. The normalized spacial score (nSPS) is 11.3. The van der Waals surface area contributed by atoms with Crippen molar-refractivity contribution in [3.63, 3.8) is 0 Å². The Kier molecular flexibility index (Phi) is 5.97. The van der Waals surface area contributed by atoms with Gasteiger partial charge in [-0.25, -0.2) is 17.9 Å². The molecule has 0 unspecified atom stereocenters. The third-order valence-electron chi connectivity index (χ3n) is 2.63. The number of rotatable bonds is 8. The Hall–Kier alpha value is -1.60. The Labute approximate surface area is 119 Å². The number of sulfonamides is 1. The van der Waals surface area contributed by atoms with Gasteiger partial charge in [0.25, 0.3) is 0 Å². The number of carboxylic acid groups (broad SMARTS) is 1. The largest absolute Gasteiger partial charge is 0.478 e. The van der Waals surface area contributed by atoms with Crippen molar-refractivity contribution >= 4 is 21.7 Å². The number of carbonyl (C=O) groups is 1. The minimum absolute atomic E-state index is 0.0284. The Morgan fingerprint density at radius 1 is 1.20 bits per heavy atom. The van der Waals surface area contributed by atoms with Gasteiger partial charge in [-0.15, -0.1) is 0 Å². The van der Waals surface area contributed by atoms with Gasteiger partial charge >= 0.3 is 5.97 Å². The summed E-state index contributed by atoms with van der Waals surface area (Å²) >= 11 is 0. The smallest absolute Gasteiger partial charge is 0.335 e. The first-order chi connectivity index (χ1) is 9.42. The van der Waals surface area contributed by atoms with Gasteiger partial charge in [-0.3, -0.25) is 0 Å². The molecule has 6 nitrogen and oxygen atoms in total. The van der Waals surface area contributed by atoms with Gasteiger partial charge in [-0.05, 0) is 31.0 Å². The molecule has 0 saturated heterocycles. The van der Waals surface area contributed by atoms with Gasteiger partial charge in [-0.2, -0.15) is 0 Å². The number of benzene rings is 1. The quantitative estimate of drug-likeness (QED) is 0.681. The van der Waals surface area contributed by atoms with Gasteiger partial charge in [0.1, 0.15) is 4.90 Å². The third kappa shape index (κ3) is 4.21. The molecule has 0 aliphatic heterocycles. The first kappa shape index (κ1) is 16.5. The maximum absolute atomic E-state index is 12.2. The predicted octanol–water partition coefficient (Wildman–Crippen LogP) is 1.90. The lowest BCUT2D eigenvalue weighted by Crippen LogP contribution is -2.25. The van der Waals surface area contributed by atoms with Crippen LogP contribution in [-0.4, -0.2) is 32.6 Å². The molecule has 1 aromatic rings. The van der Waals surface area contributed by atoms with Crippen LogP contribution in [0.2, 0.25) is 0 Å². The summed E-state index contributed by atoms with van der Waals surface area (Å²) in [6.07, 6.45) is 1.50. The van der Waals surface area contributed by atoms with E-state index in [-0.39, 0.29) is 10.5 Å². The molecular weight excluding hydrogens is 280 g/mol. The topological polar surface area (TPSA) is 95.5 Å². The maximum atomic E-state index is 12.2. The molecule has 20 heavy (non-hydrogen) atoms. The van der Waals surface area contributed by atoms with Gasteiger partial charge in [0.05, 0.1) is 11.3 Å². The van der Waals surface area contributed by atoms with Gasteiger partial charge in [0.2, 0.25) is 10.0 Å². The van der Waals surface area contributed by atoms with E-state index in [1.54, 1.807) is 0 Å². The van der Waals surface area contributed by atoms with Crippen molar-refractivity contribution in [2.75, 3.05) is 18.4 Å². The highest BCUT2D eigenvalue weighted by molar-refractivity contribution is 7.89. The summed E-state index contributed by atoms with van der Waals surface area (Å²) in [5.41, 5.74) is 0.365. The fourth-order valence-electron chi connectivity index (χ4n) is 1.60. The summed E-state index contributed by atoms with van der Waals surface area (Å²) in [6, 6.07) is 4.05. The minimum atomic E-state index is -3.72. The van der Waals surface area contributed by atoms with Crippen molar-refractivity contribution in [1.82, 2.24) is 4.72 Å². The van der Waals surface area contributed by atoms with Crippen molar-refractivity contribution in [2.24, 2.45) is 0 Å². The summed E-state index contributed by atoms with van der Waals surface area (Å²) in [6.45, 7) is 4.74. The fraction of sp³-hybridized carbons (Fsp3) is 0.462. The summed E-state index contributed by atoms with van der Waals surface area (Å²) in [7, 11) is -3.72. The molecule has 0 bridgehead atoms. The zero-order chi connectivity index (χ0) is 15.2. The Balaban J connectivity index is 3.23. The van der Waals surface area contributed by atoms with Crippen LogP contribution < -0.4 is 10.0 Å². The van der Waals surface area contributed by atoms with Crippen LogP contribution in [0.4, 0.5) is 5.69 Å². The van der Waals surface area contributed by atoms with Crippen molar-refractivity contribution in [3.05, 3.63) is 23.8 Å². The molecule has 0 amide bonds. The van der Waals surface area contributed by atoms with E-state index >= 15 is 0 Å². The van der Waals surface area contributed by atoms with Gasteiger partial charge < -0.3 is 10.4 Å². The van der Waals surface area contributed by atoms with Crippen LogP contribution >= 0.6 is 0 Å². The lowest BCUT2D eigenvalue weighted by atomic mass is 10.2. The number of nitrogens with one attached hydrogen (secondary N) is 2. The minimum Gasteiger partial charge on any atom is -0.478 e. The second-order valence-corrected chi connectivity index (χ2v) is 6.08. The molecule has 7 heteroatoms. The lowest BCUT2D eigenvalue weighted by molar-refractivity contribution is 0.0696. The molecule has 1 aromatic carbocycles. The first-order valence-electron chi connectivity index (χ1n) is 6.53. The van der Waals surface area contributed by atoms with E-state index in [0.29, 0.717) is 25.2 Å². The average molecular weight is 300 g/mol. The Bertz CT molecular complexity index is 570. The summed E-state index contributed by atoms with van der Waals surface area (Å²) in [5.74, 6) is -1.15. The Morgan fingerprint density at radius 2 is 1.85 bits per heavy atom. The SMILES string of the molecule is CCCNc1ccc(C(=O)O)cc1S(=O)(=O)NCCC. The molecule has 0 saturated carbocycles. The highest BCUT2D eigenvalue weighted by atomic mass is 32.2. The third-order valence-corrected chi connectivity index (χ3v) is 4.13. The second-order valence-electron chi connectivity index (χ2n) is 4.34. The van der Waals surface area contributed by atoms with Crippen LogP contribution in [0.1, 0.15) is 37.0 Å². The number of anilines is 1. The van der Waals surface area contributed by atoms with Crippen molar-refractivity contribution < 1.29 is 18.3 Å². The summed E-state index contributed by atoms with van der Waals surface area (Å²) < 4.78 is 26.9. The van der Waals surface area contributed by atoms with Crippen LogP contribution in [0.5, 0.6) is 0 Å². The maximum Gasteiger partial charge on any atom is 0.335 e. The molecule has 0 aliphatic rings. The van der Waals surface area contributed by atoms with Gasteiger partial charge in [0.15, 0.2) is 0 Å². The van der Waals surface area contributed by atoms with Gasteiger partial charge in [0, 0.05) is 13.1 Å². The van der Waals surface area contributed by atoms with Crippen molar-refractivity contribution in [2.45, 2.75) is 31.6 Å². The van der Waals surface area contributed by atoms with E-state index in [1.807, 2.05) is 13.8 Å². The van der Waals surface area contributed by atoms with E-state index in [1.165, 1.54) is 18.2 Å². The monoisotopic (exact) mass is 300 g/mol. The highest BCUT2D eigenvalue weighted by Crippen LogP contribution is 2.23. The van der Waals surface area contributed by atoms with Crippen LogP contribution in [-0.2, 0) is 10.0 Å². The van der Waals surface area contributed by atoms with Crippen LogP contribution in [0.25, 0.3) is 0 Å². The molecule has 0 radical (unpaired) electrons. The highest BCUT2D eigenvalue weighted by Gasteiger charge is 2.20. The standard InChI is InChI=1S/C13H20N2O4S/c1-3-7-14-11-6-5-10(13(16)17)9-12(11)20(18,19)15-8-4-2/h5-6,9,14-15H,3-4,7-8H2,1-2H3,(H,16,17). The summed E-state index contributed by atoms with van der Waals surface area (Å²) in [5, 5.41) is 12.0. The molecule has 0 atom stereocenters. The fourth-order valence-corrected chi connectivity index (χ4v) is 2.94. The van der Waals surface area contributed by atoms with Crippen molar-refractivity contribution in [3.8, 4) is 0 Å². The Morgan fingerprint density at radius 3 is 2.40 bits per heavy atom. The number of hydrogen-bond acceptors (Lipinski definition) is 4. The van der Waals surface area contributed by atoms with Gasteiger partial charge in [-0.1, -0.05) is 13.8 Å². The molecule has 0 heterocycles. The average Bonchev–Trinajstić information content (AvgIpc) is 2.42. The summed E-state index contributed by atoms with van der Waals surface area (Å²) in [4.78, 5) is 11.0. The zero-order valence-corrected chi connectivity index (χ0v) is 12.5. The van der Waals surface area contributed by atoms with E-state index in [0.717, 1.165) is 6.42 Å². The van der Waals surface area contributed by atoms with Crippen LogP contribution in [0.15, 0.2) is 23.1 Å². The van der Waals surface area contributed by atoms with Crippen LogP contribution in [0, 0.1) is 0 Å². The van der Waals surface area contributed by atoms with E-state index in [2.05, 4.69) is 10.0 Å². The molecule has 112 valence electrons. The van der Waals surface area contributed by atoms with Crippen molar-refractivity contribution in [1.29, 1.82) is 0 Å². The van der Waals surface area contributed by atoms with E-state index < -0.39 is 16.0 Å². The molecule has 3 N–H and O–H groups in total. The molecule has 0 aromatic heterocycles. The van der Waals surface area contributed by atoms with E-state index in [4.69, 9.17) is 5.11 Å². The number of aromatic carboxylic acids is 1. The van der Waals surface area contributed by atoms with Crippen LogP contribution in [0.3, 0.4) is 0 Å². The van der Waals surface area contributed by atoms with E-state index in [9.17, 15) is 13.2 Å².